The van der Waals surface area contributed by atoms with E-state index < -0.39 is 0 Å². The minimum Gasteiger partial charge on any atom is -0.312 e. The van der Waals surface area contributed by atoms with Gasteiger partial charge in [-0.3, -0.25) is 0 Å². The molecular weight excluding hydrogens is 201 g/mol. The molecule has 1 aromatic carbocycles. The molecule has 1 nitrogen and oxygen atoms in total. The van der Waals surface area contributed by atoms with Crippen LogP contribution in [0.2, 0.25) is 0 Å². The fourth-order valence-electron chi connectivity index (χ4n) is 2.30. The molecule has 0 saturated carbocycles. The third kappa shape index (κ3) is 2.62. The van der Waals surface area contributed by atoms with E-state index in [9.17, 15) is 4.39 Å². The summed E-state index contributed by atoms with van der Waals surface area (Å²) >= 11 is 0. The smallest absolute Gasteiger partial charge is 0.128 e. The predicted molar refractivity (Wildman–Crippen MR) is 67.1 cm³/mol. The molecule has 0 aromatic heterocycles. The number of aryl methyl sites for hydroxylation is 2. The lowest BCUT2D eigenvalue weighted by atomic mass is 9.80. The van der Waals surface area contributed by atoms with Crippen LogP contribution in [0.4, 0.5) is 4.39 Å². The van der Waals surface area contributed by atoms with Crippen LogP contribution >= 0.6 is 0 Å². The summed E-state index contributed by atoms with van der Waals surface area (Å²) in [5.74, 6) is -0.105. The molecule has 1 aromatic rings. The van der Waals surface area contributed by atoms with Crippen molar-refractivity contribution in [3.05, 3.63) is 34.6 Å². The highest BCUT2D eigenvalue weighted by molar-refractivity contribution is 5.35. The summed E-state index contributed by atoms with van der Waals surface area (Å²) in [4.78, 5) is 0. The molecule has 0 fully saturated rings. The lowest BCUT2D eigenvalue weighted by Gasteiger charge is -2.32. The first-order valence-corrected chi connectivity index (χ1v) is 5.71. The molecule has 0 spiro atoms. The summed E-state index contributed by atoms with van der Waals surface area (Å²) < 4.78 is 14.0. The van der Waals surface area contributed by atoms with Gasteiger partial charge in [0.15, 0.2) is 0 Å². The van der Waals surface area contributed by atoms with Gasteiger partial charge in [-0.25, -0.2) is 4.39 Å². The maximum Gasteiger partial charge on any atom is 0.128 e. The molecule has 0 aliphatic carbocycles. The van der Waals surface area contributed by atoms with Gasteiger partial charge in [0.2, 0.25) is 0 Å². The SMILES string of the molecule is CNC(c1c(C)cc(C)cc1F)C(C)(C)C. The lowest BCUT2D eigenvalue weighted by molar-refractivity contribution is 0.279. The topological polar surface area (TPSA) is 12.0 Å². The summed E-state index contributed by atoms with van der Waals surface area (Å²) in [7, 11) is 1.88. The highest BCUT2D eigenvalue weighted by Crippen LogP contribution is 2.35. The van der Waals surface area contributed by atoms with Crippen LogP contribution in [0.1, 0.15) is 43.5 Å². The van der Waals surface area contributed by atoms with Crippen LogP contribution in [-0.2, 0) is 0 Å². The molecule has 90 valence electrons. The van der Waals surface area contributed by atoms with E-state index in [1.54, 1.807) is 6.07 Å². The minimum atomic E-state index is -0.105. The zero-order valence-corrected chi connectivity index (χ0v) is 11.1. The van der Waals surface area contributed by atoms with Crippen LogP contribution in [0.25, 0.3) is 0 Å². The van der Waals surface area contributed by atoms with E-state index >= 15 is 0 Å². The number of rotatable bonds is 2. The third-order valence-corrected chi connectivity index (χ3v) is 2.92. The molecule has 1 atom stereocenters. The molecule has 2 heteroatoms. The summed E-state index contributed by atoms with van der Waals surface area (Å²) in [5, 5.41) is 3.22. The number of nitrogens with one attached hydrogen (secondary N) is 1. The first kappa shape index (κ1) is 13.2. The van der Waals surface area contributed by atoms with Gasteiger partial charge >= 0.3 is 0 Å². The number of halogens is 1. The second kappa shape index (κ2) is 4.54. The summed E-state index contributed by atoms with van der Waals surface area (Å²) in [6.45, 7) is 10.2. The van der Waals surface area contributed by atoms with Gasteiger partial charge in [-0.1, -0.05) is 26.8 Å². The Morgan fingerprint density at radius 2 is 1.75 bits per heavy atom. The Labute approximate surface area is 98.1 Å². The van der Waals surface area contributed by atoms with Gasteiger partial charge in [-0.2, -0.15) is 0 Å². The van der Waals surface area contributed by atoms with Gasteiger partial charge in [-0.05, 0) is 43.5 Å². The van der Waals surface area contributed by atoms with Gasteiger partial charge in [0.1, 0.15) is 5.82 Å². The van der Waals surface area contributed by atoms with Gasteiger partial charge in [0.25, 0.3) is 0 Å². The Balaban J connectivity index is 3.31. The van der Waals surface area contributed by atoms with Crippen LogP contribution in [0.5, 0.6) is 0 Å². The van der Waals surface area contributed by atoms with Crippen molar-refractivity contribution in [1.29, 1.82) is 0 Å². The van der Waals surface area contributed by atoms with Crippen molar-refractivity contribution in [1.82, 2.24) is 5.32 Å². The van der Waals surface area contributed by atoms with Gasteiger partial charge < -0.3 is 5.32 Å². The molecule has 1 rings (SSSR count). The van der Waals surface area contributed by atoms with Crippen LogP contribution in [0.15, 0.2) is 12.1 Å². The van der Waals surface area contributed by atoms with E-state index in [-0.39, 0.29) is 17.3 Å². The van der Waals surface area contributed by atoms with Crippen molar-refractivity contribution in [3.8, 4) is 0 Å². The Hall–Kier alpha value is -0.890. The average Bonchev–Trinajstić information content (AvgIpc) is 2.08. The van der Waals surface area contributed by atoms with Crippen LogP contribution in [0.3, 0.4) is 0 Å². The van der Waals surface area contributed by atoms with Crippen molar-refractivity contribution < 1.29 is 4.39 Å². The number of benzene rings is 1. The molecule has 0 bridgehead atoms. The Morgan fingerprint density at radius 1 is 1.19 bits per heavy atom. The maximum absolute atomic E-state index is 14.0. The van der Waals surface area contributed by atoms with E-state index in [4.69, 9.17) is 0 Å². The van der Waals surface area contributed by atoms with Crippen LogP contribution < -0.4 is 5.32 Å². The molecule has 1 N–H and O–H groups in total. The highest BCUT2D eigenvalue weighted by Gasteiger charge is 2.28. The first-order chi connectivity index (χ1) is 7.27. The first-order valence-electron chi connectivity index (χ1n) is 5.71. The van der Waals surface area contributed by atoms with Crippen molar-refractivity contribution in [2.75, 3.05) is 7.05 Å². The van der Waals surface area contributed by atoms with E-state index in [1.165, 1.54) is 0 Å². The largest absolute Gasteiger partial charge is 0.312 e. The highest BCUT2D eigenvalue weighted by atomic mass is 19.1. The molecular formula is C14H22FN. The summed E-state index contributed by atoms with van der Waals surface area (Å²) in [6.07, 6.45) is 0. The quantitative estimate of drug-likeness (QED) is 0.805. The fourth-order valence-corrected chi connectivity index (χ4v) is 2.30. The molecule has 0 amide bonds. The Morgan fingerprint density at radius 3 is 2.12 bits per heavy atom. The third-order valence-electron chi connectivity index (χ3n) is 2.92. The van der Waals surface area contributed by atoms with E-state index in [1.807, 2.05) is 27.0 Å². The molecule has 0 heterocycles. The van der Waals surface area contributed by atoms with Gasteiger partial charge in [0.05, 0.1) is 0 Å². The fraction of sp³-hybridized carbons (Fsp3) is 0.571. The monoisotopic (exact) mass is 223 g/mol. The Kier molecular flexibility index (Phi) is 3.74. The summed E-state index contributed by atoms with van der Waals surface area (Å²) in [5.41, 5.74) is 2.78. The predicted octanol–water partition coefficient (Wildman–Crippen LogP) is 3.75. The van der Waals surface area contributed by atoms with Crippen molar-refractivity contribution in [2.24, 2.45) is 5.41 Å². The molecule has 0 aliphatic rings. The van der Waals surface area contributed by atoms with Gasteiger partial charge in [-0.15, -0.1) is 0 Å². The molecule has 16 heavy (non-hydrogen) atoms. The number of hydrogen-bond donors (Lipinski definition) is 1. The summed E-state index contributed by atoms with van der Waals surface area (Å²) in [6, 6.07) is 3.68. The van der Waals surface area contributed by atoms with Crippen LogP contribution in [-0.4, -0.2) is 7.05 Å². The van der Waals surface area contributed by atoms with Crippen molar-refractivity contribution in [2.45, 2.75) is 40.7 Å². The second-order valence-electron chi connectivity index (χ2n) is 5.57. The number of hydrogen-bond acceptors (Lipinski definition) is 1. The maximum atomic E-state index is 14.0. The normalized spacial score (nSPS) is 13.9. The van der Waals surface area contributed by atoms with Crippen LogP contribution in [0, 0.1) is 25.1 Å². The molecule has 0 radical (unpaired) electrons. The van der Waals surface area contributed by atoms with E-state index in [2.05, 4.69) is 26.1 Å². The van der Waals surface area contributed by atoms with Gasteiger partial charge in [0, 0.05) is 11.6 Å². The zero-order chi connectivity index (χ0) is 12.5. The van der Waals surface area contributed by atoms with Crippen molar-refractivity contribution >= 4 is 0 Å². The van der Waals surface area contributed by atoms with E-state index in [0.717, 1.165) is 16.7 Å². The average molecular weight is 223 g/mol. The molecule has 0 aliphatic heterocycles. The zero-order valence-electron chi connectivity index (χ0n) is 11.1. The molecule has 1 unspecified atom stereocenters. The molecule has 0 saturated heterocycles. The second-order valence-corrected chi connectivity index (χ2v) is 5.57. The van der Waals surface area contributed by atoms with Crippen molar-refractivity contribution in [3.63, 3.8) is 0 Å². The van der Waals surface area contributed by atoms with E-state index in [0.29, 0.717) is 0 Å². The lowest BCUT2D eigenvalue weighted by Crippen LogP contribution is -2.31. The standard InChI is InChI=1S/C14H22FN/c1-9-7-10(2)12(11(15)8-9)13(16-6)14(3,4)5/h7-8,13,16H,1-6H3. The minimum absolute atomic E-state index is 0.00436. The Bertz CT molecular complexity index is 354.